The highest BCUT2D eigenvalue weighted by Crippen LogP contribution is 2.17. The first-order valence-electron chi connectivity index (χ1n) is 11.5. The van der Waals surface area contributed by atoms with Gasteiger partial charge in [0, 0.05) is 11.3 Å². The number of nitrogens with one attached hydrogen (secondary N) is 2. The summed E-state index contributed by atoms with van der Waals surface area (Å²) in [4.78, 5) is 12.5. The van der Waals surface area contributed by atoms with Crippen LogP contribution in [0.15, 0.2) is 109 Å². The predicted octanol–water partition coefficient (Wildman–Crippen LogP) is 5.85. The second-order valence-electron chi connectivity index (χ2n) is 7.74. The molecular weight excluding hydrogens is 472 g/mol. The number of rotatable bonds is 10. The lowest BCUT2D eigenvalue weighted by molar-refractivity contribution is 0.0977. The van der Waals surface area contributed by atoms with Crippen molar-refractivity contribution in [2.75, 3.05) is 18.5 Å². The Bertz CT molecular complexity index is 1250. The van der Waals surface area contributed by atoms with Crippen LogP contribution in [0.1, 0.15) is 15.9 Å². The number of carbonyl (C=O) groups excluding carboxylic acids is 1. The molecule has 0 aromatic heterocycles. The van der Waals surface area contributed by atoms with Crippen molar-refractivity contribution in [3.05, 3.63) is 120 Å². The Kier molecular flexibility index (Phi) is 8.89. The Hall–Kier alpha value is -4.36. The molecule has 6 nitrogen and oxygen atoms in total. The van der Waals surface area contributed by atoms with Crippen LogP contribution in [0.3, 0.4) is 0 Å². The number of thiocarbonyl (C=S) groups is 1. The minimum Gasteiger partial charge on any atom is -0.490 e. The maximum atomic E-state index is 12.5. The number of carbonyl (C=O) groups is 1. The summed E-state index contributed by atoms with van der Waals surface area (Å²) in [5.41, 5.74) is 2.31. The van der Waals surface area contributed by atoms with E-state index in [0.717, 1.165) is 22.7 Å². The third-order valence-electron chi connectivity index (χ3n) is 5.07. The van der Waals surface area contributed by atoms with E-state index in [0.29, 0.717) is 31.1 Å². The zero-order valence-electron chi connectivity index (χ0n) is 19.6. The van der Waals surface area contributed by atoms with Gasteiger partial charge in [-0.2, -0.15) is 0 Å². The number of ether oxygens (including phenoxy) is 3. The Morgan fingerprint density at radius 1 is 0.639 bits per heavy atom. The summed E-state index contributed by atoms with van der Waals surface area (Å²) in [6.45, 7) is 1.31. The third-order valence-corrected chi connectivity index (χ3v) is 5.27. The van der Waals surface area contributed by atoms with Gasteiger partial charge in [0.1, 0.15) is 37.1 Å². The Morgan fingerprint density at radius 3 is 1.81 bits per heavy atom. The standard InChI is InChI=1S/C29H26N2O4S/c32-28(23-11-15-26(16-12-23)34-20-19-33-25-9-5-2-6-10-25)31-29(36)30-24-13-17-27(18-14-24)35-21-22-7-3-1-4-8-22/h1-18H,19-21H2,(H2,30,31,32,36). The van der Waals surface area contributed by atoms with Gasteiger partial charge in [-0.25, -0.2) is 0 Å². The maximum Gasteiger partial charge on any atom is 0.257 e. The van der Waals surface area contributed by atoms with Crippen LogP contribution < -0.4 is 24.8 Å². The number of hydrogen-bond acceptors (Lipinski definition) is 5. The molecule has 0 bridgehead atoms. The number of anilines is 1. The second-order valence-corrected chi connectivity index (χ2v) is 8.15. The molecule has 36 heavy (non-hydrogen) atoms. The van der Waals surface area contributed by atoms with Crippen molar-refractivity contribution < 1.29 is 19.0 Å². The summed E-state index contributed by atoms with van der Waals surface area (Å²) in [6.07, 6.45) is 0. The van der Waals surface area contributed by atoms with Crippen LogP contribution in [-0.2, 0) is 6.61 Å². The van der Waals surface area contributed by atoms with Crippen molar-refractivity contribution in [1.82, 2.24) is 5.32 Å². The monoisotopic (exact) mass is 498 g/mol. The van der Waals surface area contributed by atoms with Gasteiger partial charge in [-0.15, -0.1) is 0 Å². The molecule has 182 valence electrons. The molecule has 1 amide bonds. The highest BCUT2D eigenvalue weighted by atomic mass is 32.1. The molecule has 0 saturated heterocycles. The summed E-state index contributed by atoms with van der Waals surface area (Å²) < 4.78 is 17.1. The molecule has 0 aliphatic heterocycles. The molecule has 7 heteroatoms. The minimum absolute atomic E-state index is 0.205. The van der Waals surface area contributed by atoms with E-state index >= 15 is 0 Å². The lowest BCUT2D eigenvalue weighted by Crippen LogP contribution is -2.34. The molecule has 4 rings (SSSR count). The van der Waals surface area contributed by atoms with Crippen molar-refractivity contribution in [3.63, 3.8) is 0 Å². The predicted molar refractivity (Wildman–Crippen MR) is 145 cm³/mol. The van der Waals surface area contributed by atoms with Crippen LogP contribution in [0.5, 0.6) is 17.2 Å². The fourth-order valence-corrected chi connectivity index (χ4v) is 3.46. The molecule has 0 aliphatic carbocycles. The van der Waals surface area contributed by atoms with Crippen LogP contribution in [0.2, 0.25) is 0 Å². The highest BCUT2D eigenvalue weighted by molar-refractivity contribution is 7.80. The average Bonchev–Trinajstić information content (AvgIpc) is 2.92. The van der Waals surface area contributed by atoms with E-state index in [4.69, 9.17) is 26.4 Å². The molecule has 0 radical (unpaired) electrons. The molecule has 0 saturated carbocycles. The topological polar surface area (TPSA) is 68.8 Å². The molecule has 0 heterocycles. The van der Waals surface area contributed by atoms with E-state index < -0.39 is 0 Å². The third kappa shape index (κ3) is 7.85. The van der Waals surface area contributed by atoms with Crippen LogP contribution in [-0.4, -0.2) is 24.2 Å². The van der Waals surface area contributed by atoms with Crippen LogP contribution in [0.25, 0.3) is 0 Å². The largest absolute Gasteiger partial charge is 0.490 e. The SMILES string of the molecule is O=C(NC(=S)Nc1ccc(OCc2ccccc2)cc1)c1ccc(OCCOc2ccccc2)cc1. The van der Waals surface area contributed by atoms with Gasteiger partial charge in [0.2, 0.25) is 0 Å². The molecule has 0 atom stereocenters. The smallest absolute Gasteiger partial charge is 0.257 e. The van der Waals surface area contributed by atoms with Gasteiger partial charge in [-0.05, 0) is 78.4 Å². The lowest BCUT2D eigenvalue weighted by atomic mass is 10.2. The Labute approximate surface area is 215 Å². The highest BCUT2D eigenvalue weighted by Gasteiger charge is 2.09. The first-order valence-corrected chi connectivity index (χ1v) is 11.9. The summed E-state index contributed by atoms with van der Waals surface area (Å²) in [6, 6.07) is 33.7. The molecule has 4 aromatic carbocycles. The number of hydrogen-bond donors (Lipinski definition) is 2. The molecule has 0 unspecified atom stereocenters. The Balaban J connectivity index is 1.18. The zero-order valence-corrected chi connectivity index (χ0v) is 20.4. The van der Waals surface area contributed by atoms with Crippen molar-refractivity contribution in [2.45, 2.75) is 6.61 Å². The van der Waals surface area contributed by atoms with E-state index in [1.54, 1.807) is 24.3 Å². The molecule has 2 N–H and O–H groups in total. The van der Waals surface area contributed by atoms with Crippen molar-refractivity contribution in [2.24, 2.45) is 0 Å². The summed E-state index contributed by atoms with van der Waals surface area (Å²) >= 11 is 5.28. The van der Waals surface area contributed by atoms with Crippen molar-refractivity contribution in [1.29, 1.82) is 0 Å². The molecule has 0 fully saturated rings. The quantitative estimate of drug-likeness (QED) is 0.211. The lowest BCUT2D eigenvalue weighted by Gasteiger charge is -2.11. The first-order chi connectivity index (χ1) is 17.7. The molecule has 0 aliphatic rings. The van der Waals surface area contributed by atoms with Crippen LogP contribution >= 0.6 is 12.2 Å². The van der Waals surface area contributed by atoms with Crippen molar-refractivity contribution in [3.8, 4) is 17.2 Å². The molecular formula is C29H26N2O4S. The fraction of sp³-hybridized carbons (Fsp3) is 0.103. The van der Waals surface area contributed by atoms with Gasteiger partial charge in [-0.1, -0.05) is 48.5 Å². The van der Waals surface area contributed by atoms with E-state index in [1.165, 1.54) is 0 Å². The van der Waals surface area contributed by atoms with Crippen molar-refractivity contribution >= 4 is 28.9 Å². The Morgan fingerprint density at radius 2 is 1.17 bits per heavy atom. The van der Waals surface area contributed by atoms with Gasteiger partial charge < -0.3 is 19.5 Å². The second kappa shape index (κ2) is 12.9. The maximum absolute atomic E-state index is 12.5. The van der Waals surface area contributed by atoms with E-state index in [2.05, 4.69) is 10.6 Å². The summed E-state index contributed by atoms with van der Waals surface area (Å²) in [7, 11) is 0. The molecule has 0 spiro atoms. The van der Waals surface area contributed by atoms with Gasteiger partial charge >= 0.3 is 0 Å². The first kappa shape index (κ1) is 24.8. The van der Waals surface area contributed by atoms with Crippen LogP contribution in [0.4, 0.5) is 5.69 Å². The average molecular weight is 499 g/mol. The number of amides is 1. The summed E-state index contributed by atoms with van der Waals surface area (Å²) in [5.74, 6) is 1.88. The number of para-hydroxylation sites is 1. The normalized spacial score (nSPS) is 10.2. The van der Waals surface area contributed by atoms with Gasteiger partial charge in [-0.3, -0.25) is 10.1 Å². The molecule has 4 aromatic rings. The van der Waals surface area contributed by atoms with E-state index in [-0.39, 0.29) is 11.0 Å². The minimum atomic E-state index is -0.311. The summed E-state index contributed by atoms with van der Waals surface area (Å²) in [5, 5.41) is 5.90. The van der Waals surface area contributed by atoms with E-state index in [9.17, 15) is 4.79 Å². The fourth-order valence-electron chi connectivity index (χ4n) is 3.25. The number of benzene rings is 4. The van der Waals surface area contributed by atoms with Gasteiger partial charge in [0.15, 0.2) is 5.11 Å². The van der Waals surface area contributed by atoms with Gasteiger partial charge in [0.25, 0.3) is 5.91 Å². The van der Waals surface area contributed by atoms with Gasteiger partial charge in [0.05, 0.1) is 0 Å². The van der Waals surface area contributed by atoms with E-state index in [1.807, 2.05) is 84.9 Å². The zero-order chi connectivity index (χ0) is 25.0. The van der Waals surface area contributed by atoms with Crippen LogP contribution in [0, 0.1) is 0 Å².